The van der Waals surface area contributed by atoms with Crippen LogP contribution in [-0.4, -0.2) is 59.3 Å². The molecule has 5 rings (SSSR count). The smallest absolute Gasteiger partial charge is 0.135 e. The zero-order valence-corrected chi connectivity index (χ0v) is 21.9. The number of rotatable bonds is 8. The van der Waals surface area contributed by atoms with Gasteiger partial charge in [0.1, 0.15) is 35.5 Å². The molecular formula is C29H35F4N3O. The molecule has 0 bridgehead atoms. The summed E-state index contributed by atoms with van der Waals surface area (Å²) < 4.78 is 66.8. The molecule has 1 aromatic heterocycles. The number of benzene rings is 2. The molecule has 2 aliphatic rings. The lowest BCUT2D eigenvalue weighted by atomic mass is 9.87. The molecule has 0 amide bonds. The Bertz CT molecular complexity index is 1260. The van der Waals surface area contributed by atoms with Crippen LogP contribution < -0.4 is 4.74 Å². The van der Waals surface area contributed by atoms with Crippen molar-refractivity contribution in [2.24, 2.45) is 5.92 Å². The number of likely N-dealkylation sites (tertiary alicyclic amines) is 1. The number of halogens is 4. The topological polar surface area (TPSA) is 31.5 Å². The van der Waals surface area contributed by atoms with Crippen LogP contribution in [0.2, 0.25) is 0 Å². The summed E-state index contributed by atoms with van der Waals surface area (Å²) in [6.45, 7) is 9.99. The highest BCUT2D eigenvalue weighted by atomic mass is 19.1. The maximum Gasteiger partial charge on any atom is 0.135 e. The van der Waals surface area contributed by atoms with Crippen LogP contribution in [-0.2, 0) is 6.42 Å². The van der Waals surface area contributed by atoms with E-state index < -0.39 is 29.2 Å². The molecular weight excluding hydrogens is 482 g/mol. The summed E-state index contributed by atoms with van der Waals surface area (Å²) in [5.41, 5.74) is -0.0643. The summed E-state index contributed by atoms with van der Waals surface area (Å²) in [6.07, 6.45) is 1.58. The number of nitrogens with zero attached hydrogens (tertiary/aromatic N) is 2. The van der Waals surface area contributed by atoms with Crippen LogP contribution in [0.1, 0.15) is 57.0 Å². The second kappa shape index (κ2) is 9.95. The number of alkyl halides is 1. The Kier molecular flexibility index (Phi) is 7.00. The molecule has 8 heteroatoms. The summed E-state index contributed by atoms with van der Waals surface area (Å²) in [5, 5.41) is 0.422. The average molecular weight is 518 g/mol. The monoisotopic (exact) mass is 517 g/mol. The number of aromatic nitrogens is 1. The fourth-order valence-electron chi connectivity index (χ4n) is 5.88. The van der Waals surface area contributed by atoms with Crippen LogP contribution >= 0.6 is 0 Å². The fraction of sp³-hybridized carbons (Fsp3) is 0.517. The van der Waals surface area contributed by atoms with E-state index in [2.05, 4.69) is 16.8 Å². The minimum Gasteiger partial charge on any atom is -0.492 e. The Balaban J connectivity index is 1.49. The summed E-state index contributed by atoms with van der Waals surface area (Å²) in [7, 11) is 0. The summed E-state index contributed by atoms with van der Waals surface area (Å²) in [4.78, 5) is 7.23. The molecule has 37 heavy (non-hydrogen) atoms. The molecule has 0 spiro atoms. The van der Waals surface area contributed by atoms with E-state index in [9.17, 15) is 8.78 Å². The molecule has 2 aromatic carbocycles. The van der Waals surface area contributed by atoms with E-state index in [1.807, 2.05) is 6.92 Å². The van der Waals surface area contributed by atoms with Crippen molar-refractivity contribution in [3.05, 3.63) is 64.6 Å². The molecule has 3 heterocycles. The number of fused-ring (bicyclic) bond motifs is 3. The van der Waals surface area contributed by atoms with Gasteiger partial charge in [0.25, 0.3) is 0 Å². The van der Waals surface area contributed by atoms with Gasteiger partial charge in [0, 0.05) is 66.5 Å². The van der Waals surface area contributed by atoms with E-state index in [-0.39, 0.29) is 23.9 Å². The normalized spacial score (nSPS) is 21.3. The van der Waals surface area contributed by atoms with Crippen LogP contribution in [0.4, 0.5) is 17.6 Å². The summed E-state index contributed by atoms with van der Waals surface area (Å²) in [6, 6.07) is 5.89. The lowest BCUT2D eigenvalue weighted by Gasteiger charge is -2.43. The largest absolute Gasteiger partial charge is 0.492 e. The minimum atomic E-state index is -1.61. The molecule has 2 atom stereocenters. The third-order valence-electron chi connectivity index (χ3n) is 7.75. The van der Waals surface area contributed by atoms with Crippen molar-refractivity contribution in [1.29, 1.82) is 0 Å². The van der Waals surface area contributed by atoms with Gasteiger partial charge in [-0.25, -0.2) is 17.6 Å². The predicted molar refractivity (Wildman–Crippen MR) is 137 cm³/mol. The standard InChI is InChI=1S/C29H35F4N3O/c1-5-18-14-35(15-18)9-10-37-19-12-22(31)26(23(32)13-19)28-27-20(11-17(2)36(28)16-29(3,4)33)25-21(30)7-6-8-24(25)34-27/h6-8,12-13,17-18,28,34H,5,9-11,14-16H2,1-4H3/t17-,28-/m1/s1. The number of aromatic amines is 1. The highest BCUT2D eigenvalue weighted by Gasteiger charge is 2.41. The third kappa shape index (κ3) is 5.10. The van der Waals surface area contributed by atoms with Crippen LogP contribution in [0, 0.1) is 23.4 Å². The third-order valence-corrected chi connectivity index (χ3v) is 7.75. The van der Waals surface area contributed by atoms with Gasteiger partial charge in [-0.2, -0.15) is 0 Å². The van der Waals surface area contributed by atoms with E-state index in [0.29, 0.717) is 47.7 Å². The number of H-pyrrole nitrogens is 1. The number of ether oxygens (including phenoxy) is 1. The molecule has 0 aliphatic carbocycles. The molecule has 1 N–H and O–H groups in total. The van der Waals surface area contributed by atoms with Crippen molar-refractivity contribution < 1.29 is 22.3 Å². The lowest BCUT2D eigenvalue weighted by Crippen LogP contribution is -2.48. The highest BCUT2D eigenvalue weighted by molar-refractivity contribution is 5.86. The molecule has 200 valence electrons. The van der Waals surface area contributed by atoms with E-state index in [4.69, 9.17) is 4.74 Å². The van der Waals surface area contributed by atoms with E-state index in [1.54, 1.807) is 17.0 Å². The first-order valence-corrected chi connectivity index (χ1v) is 13.1. The number of hydrogen-bond acceptors (Lipinski definition) is 3. The van der Waals surface area contributed by atoms with Crippen LogP contribution in [0.15, 0.2) is 30.3 Å². The first kappa shape index (κ1) is 26.0. The molecule has 3 aromatic rings. The number of nitrogens with one attached hydrogen (secondary N) is 1. The van der Waals surface area contributed by atoms with Crippen molar-refractivity contribution in [3.63, 3.8) is 0 Å². The Hall–Kier alpha value is -2.58. The van der Waals surface area contributed by atoms with Gasteiger partial charge in [0.05, 0.1) is 6.04 Å². The highest BCUT2D eigenvalue weighted by Crippen LogP contribution is 2.44. The van der Waals surface area contributed by atoms with E-state index >= 15 is 8.78 Å². The molecule has 0 saturated carbocycles. The van der Waals surface area contributed by atoms with Crippen LogP contribution in [0.3, 0.4) is 0 Å². The van der Waals surface area contributed by atoms with Gasteiger partial charge >= 0.3 is 0 Å². The van der Waals surface area contributed by atoms with Crippen molar-refractivity contribution in [2.45, 2.75) is 58.3 Å². The predicted octanol–water partition coefficient (Wildman–Crippen LogP) is 6.39. The molecule has 2 aliphatic heterocycles. The van der Waals surface area contributed by atoms with Gasteiger partial charge in [-0.05, 0) is 50.8 Å². The summed E-state index contributed by atoms with van der Waals surface area (Å²) >= 11 is 0. The molecule has 1 saturated heterocycles. The Labute approximate surface area is 215 Å². The minimum absolute atomic E-state index is 0.0398. The van der Waals surface area contributed by atoms with Crippen molar-refractivity contribution in [1.82, 2.24) is 14.8 Å². The molecule has 0 unspecified atom stereocenters. The van der Waals surface area contributed by atoms with Gasteiger partial charge < -0.3 is 9.72 Å². The second-order valence-corrected chi connectivity index (χ2v) is 11.2. The molecule has 0 radical (unpaired) electrons. The SMILES string of the molecule is CCC1CN(CCOc2cc(F)c([C@@H]3c4[nH]c5cccc(F)c5c4C[C@@H](C)N3CC(C)(C)F)c(F)c2)C1. The zero-order chi connectivity index (χ0) is 26.5. The Morgan fingerprint density at radius 2 is 1.78 bits per heavy atom. The number of hydrogen-bond donors (Lipinski definition) is 1. The first-order valence-electron chi connectivity index (χ1n) is 13.1. The van der Waals surface area contributed by atoms with Crippen molar-refractivity contribution >= 4 is 10.9 Å². The second-order valence-electron chi connectivity index (χ2n) is 11.2. The Morgan fingerprint density at radius 1 is 1.08 bits per heavy atom. The van der Waals surface area contributed by atoms with Gasteiger partial charge in [-0.3, -0.25) is 9.80 Å². The fourth-order valence-corrected chi connectivity index (χ4v) is 5.88. The zero-order valence-electron chi connectivity index (χ0n) is 21.9. The maximum absolute atomic E-state index is 15.7. The summed E-state index contributed by atoms with van der Waals surface area (Å²) in [5.74, 6) is -1.09. The van der Waals surface area contributed by atoms with Gasteiger partial charge in [0.15, 0.2) is 0 Å². The average Bonchev–Trinajstić information content (AvgIpc) is 3.15. The van der Waals surface area contributed by atoms with Gasteiger partial charge in [0.2, 0.25) is 0 Å². The molecule has 4 nitrogen and oxygen atoms in total. The van der Waals surface area contributed by atoms with E-state index in [1.165, 1.54) is 32.0 Å². The first-order chi connectivity index (χ1) is 17.6. The maximum atomic E-state index is 15.7. The van der Waals surface area contributed by atoms with Crippen molar-refractivity contribution in [3.8, 4) is 5.75 Å². The molecule has 1 fully saturated rings. The van der Waals surface area contributed by atoms with Crippen LogP contribution in [0.5, 0.6) is 5.75 Å². The van der Waals surface area contributed by atoms with Crippen LogP contribution in [0.25, 0.3) is 10.9 Å². The van der Waals surface area contributed by atoms with Gasteiger partial charge in [-0.1, -0.05) is 19.4 Å². The van der Waals surface area contributed by atoms with Gasteiger partial charge in [-0.15, -0.1) is 0 Å². The Morgan fingerprint density at radius 3 is 2.43 bits per heavy atom. The van der Waals surface area contributed by atoms with Crippen molar-refractivity contribution in [2.75, 3.05) is 32.8 Å². The quantitative estimate of drug-likeness (QED) is 0.352. The van der Waals surface area contributed by atoms with E-state index in [0.717, 1.165) is 19.5 Å². The lowest BCUT2D eigenvalue weighted by molar-refractivity contribution is 0.0641.